The second-order valence-electron chi connectivity index (χ2n) is 4.67. The largest absolute Gasteiger partial charge is 0.465 e. The van der Waals surface area contributed by atoms with E-state index in [1.165, 1.54) is 18.4 Å². The number of furan rings is 1. The molecule has 0 aliphatic rings. The third kappa shape index (κ3) is 5.34. The van der Waals surface area contributed by atoms with E-state index in [0.29, 0.717) is 11.4 Å². The van der Waals surface area contributed by atoms with E-state index in [-0.39, 0.29) is 0 Å². The van der Waals surface area contributed by atoms with Gasteiger partial charge in [0.15, 0.2) is 6.61 Å². The van der Waals surface area contributed by atoms with Gasteiger partial charge in [0.05, 0.1) is 6.26 Å². The molecule has 24 heavy (non-hydrogen) atoms. The van der Waals surface area contributed by atoms with Gasteiger partial charge in [-0.05, 0) is 60.7 Å². The van der Waals surface area contributed by atoms with Gasteiger partial charge in [-0.15, -0.1) is 0 Å². The van der Waals surface area contributed by atoms with Gasteiger partial charge < -0.3 is 14.5 Å². The van der Waals surface area contributed by atoms with E-state index in [9.17, 15) is 9.59 Å². The number of anilines is 1. The maximum Gasteiger partial charge on any atom is 0.331 e. The van der Waals surface area contributed by atoms with E-state index in [1.54, 1.807) is 30.3 Å². The maximum absolute atomic E-state index is 11.8. The molecule has 2 aromatic rings. The summed E-state index contributed by atoms with van der Waals surface area (Å²) in [5, 5.41) is 13.3. The van der Waals surface area contributed by atoms with Crippen LogP contribution in [0.3, 0.4) is 0 Å². The summed E-state index contributed by atoms with van der Waals surface area (Å²) in [5.74, 6) is -0.570. The van der Waals surface area contributed by atoms with Crippen LogP contribution in [-0.4, -0.2) is 18.5 Å². The SMILES string of the molecule is Cc1cc(SC#N)ccc1NC(=O)COC(=O)/C=C/c1ccco1. The summed E-state index contributed by atoms with van der Waals surface area (Å²) < 4.78 is 9.88. The fourth-order valence-corrected chi connectivity index (χ4v) is 2.28. The number of benzene rings is 1. The molecule has 0 fully saturated rings. The van der Waals surface area contributed by atoms with Crippen molar-refractivity contribution in [2.24, 2.45) is 0 Å². The second kappa shape index (κ2) is 8.60. The van der Waals surface area contributed by atoms with Gasteiger partial charge in [0, 0.05) is 16.7 Å². The Morgan fingerprint density at radius 3 is 2.92 bits per heavy atom. The number of carbonyl (C=O) groups is 2. The van der Waals surface area contributed by atoms with Gasteiger partial charge in [0.2, 0.25) is 0 Å². The smallest absolute Gasteiger partial charge is 0.331 e. The van der Waals surface area contributed by atoms with Crippen molar-refractivity contribution in [3.05, 3.63) is 54.0 Å². The molecule has 1 N–H and O–H groups in total. The molecule has 0 spiro atoms. The summed E-state index contributed by atoms with van der Waals surface area (Å²) in [6, 6.07) is 8.61. The van der Waals surface area contributed by atoms with Crippen molar-refractivity contribution in [2.75, 3.05) is 11.9 Å². The first-order chi connectivity index (χ1) is 11.6. The van der Waals surface area contributed by atoms with Crippen molar-refractivity contribution in [3.63, 3.8) is 0 Å². The summed E-state index contributed by atoms with van der Waals surface area (Å²) in [6.45, 7) is 1.42. The fraction of sp³-hybridized carbons (Fsp3) is 0.118. The maximum atomic E-state index is 11.8. The van der Waals surface area contributed by atoms with Crippen LogP contribution in [0.5, 0.6) is 0 Å². The molecular formula is C17H14N2O4S. The van der Waals surface area contributed by atoms with Crippen LogP contribution in [0, 0.1) is 17.6 Å². The number of carbonyl (C=O) groups excluding carboxylic acids is 2. The van der Waals surface area contributed by atoms with E-state index in [4.69, 9.17) is 14.4 Å². The van der Waals surface area contributed by atoms with Crippen LogP contribution in [0.4, 0.5) is 5.69 Å². The number of aryl methyl sites for hydroxylation is 1. The number of thiocyanates is 1. The van der Waals surface area contributed by atoms with Crippen LogP contribution >= 0.6 is 11.8 Å². The lowest BCUT2D eigenvalue weighted by Crippen LogP contribution is -2.20. The van der Waals surface area contributed by atoms with Gasteiger partial charge in [-0.3, -0.25) is 4.79 Å². The topological polar surface area (TPSA) is 92.3 Å². The molecule has 122 valence electrons. The Balaban J connectivity index is 1.83. The minimum absolute atomic E-state index is 0.393. The predicted molar refractivity (Wildman–Crippen MR) is 90.0 cm³/mol. The van der Waals surface area contributed by atoms with Gasteiger partial charge >= 0.3 is 5.97 Å². The number of rotatable bonds is 6. The summed E-state index contributed by atoms with van der Waals surface area (Å²) in [6.07, 6.45) is 4.13. The first kappa shape index (κ1) is 17.4. The van der Waals surface area contributed by atoms with E-state index < -0.39 is 18.5 Å². The highest BCUT2D eigenvalue weighted by atomic mass is 32.2. The molecule has 0 saturated carbocycles. The lowest BCUT2D eigenvalue weighted by molar-refractivity contribution is -0.142. The van der Waals surface area contributed by atoms with Crippen LogP contribution in [0.25, 0.3) is 6.08 Å². The molecule has 0 bridgehead atoms. The number of ether oxygens (including phenoxy) is 1. The summed E-state index contributed by atoms with van der Waals surface area (Å²) in [5.41, 5.74) is 1.41. The Hall–Kier alpha value is -2.98. The van der Waals surface area contributed by atoms with E-state index in [2.05, 4.69) is 5.32 Å². The quantitative estimate of drug-likeness (QED) is 0.374. The molecule has 0 radical (unpaired) electrons. The zero-order chi connectivity index (χ0) is 17.4. The molecular weight excluding hydrogens is 328 g/mol. The molecule has 0 unspecified atom stereocenters. The normalized spacial score (nSPS) is 10.3. The van der Waals surface area contributed by atoms with Gasteiger partial charge in [-0.25, -0.2) is 4.79 Å². The number of nitriles is 1. The molecule has 0 aliphatic carbocycles. The molecule has 2 rings (SSSR count). The third-order valence-electron chi connectivity index (χ3n) is 2.91. The minimum atomic E-state index is -0.640. The molecule has 0 aliphatic heterocycles. The van der Waals surface area contributed by atoms with E-state index >= 15 is 0 Å². The predicted octanol–water partition coefficient (Wildman–Crippen LogP) is 3.36. The van der Waals surface area contributed by atoms with Gasteiger partial charge in [0.25, 0.3) is 5.91 Å². The summed E-state index contributed by atoms with van der Waals surface area (Å²) in [7, 11) is 0. The Morgan fingerprint density at radius 1 is 1.42 bits per heavy atom. The first-order valence-corrected chi connectivity index (χ1v) is 7.75. The minimum Gasteiger partial charge on any atom is -0.465 e. The van der Waals surface area contributed by atoms with Crippen molar-refractivity contribution in [1.82, 2.24) is 0 Å². The zero-order valence-electron chi connectivity index (χ0n) is 12.8. The van der Waals surface area contributed by atoms with Crippen molar-refractivity contribution < 1.29 is 18.7 Å². The monoisotopic (exact) mass is 342 g/mol. The molecule has 0 saturated heterocycles. The highest BCUT2D eigenvalue weighted by Crippen LogP contribution is 2.23. The molecule has 0 atom stereocenters. The molecule has 1 amide bonds. The van der Waals surface area contributed by atoms with E-state index in [1.807, 2.05) is 12.3 Å². The number of esters is 1. The average Bonchev–Trinajstić information content (AvgIpc) is 3.07. The van der Waals surface area contributed by atoms with Gasteiger partial charge in [0.1, 0.15) is 11.2 Å². The van der Waals surface area contributed by atoms with Gasteiger partial charge in [-0.2, -0.15) is 5.26 Å². The van der Waals surface area contributed by atoms with Crippen LogP contribution < -0.4 is 5.32 Å². The van der Waals surface area contributed by atoms with Crippen molar-refractivity contribution in [2.45, 2.75) is 11.8 Å². The first-order valence-electron chi connectivity index (χ1n) is 6.93. The van der Waals surface area contributed by atoms with Crippen molar-refractivity contribution in [3.8, 4) is 5.40 Å². The van der Waals surface area contributed by atoms with Crippen LogP contribution in [0.15, 0.2) is 52.0 Å². The third-order valence-corrected chi connectivity index (χ3v) is 3.49. The summed E-state index contributed by atoms with van der Waals surface area (Å²) >= 11 is 1.04. The number of thioether (sulfide) groups is 1. The Kier molecular flexibility index (Phi) is 6.23. The average molecular weight is 342 g/mol. The molecule has 6 nitrogen and oxygen atoms in total. The highest BCUT2D eigenvalue weighted by Gasteiger charge is 2.08. The van der Waals surface area contributed by atoms with Crippen LogP contribution in [0.1, 0.15) is 11.3 Å². The lowest BCUT2D eigenvalue weighted by Gasteiger charge is -2.09. The van der Waals surface area contributed by atoms with Crippen molar-refractivity contribution in [1.29, 1.82) is 5.26 Å². The standard InChI is InChI=1S/C17H14N2O4S/c1-12-9-14(24-11-18)5-6-15(12)19-16(20)10-23-17(21)7-4-13-3-2-8-22-13/h2-9H,10H2,1H3,(H,19,20)/b7-4+. The Labute approximate surface area is 143 Å². The number of hydrogen-bond acceptors (Lipinski definition) is 6. The fourth-order valence-electron chi connectivity index (χ4n) is 1.80. The second-order valence-corrected chi connectivity index (χ2v) is 5.53. The molecule has 1 heterocycles. The number of nitrogens with one attached hydrogen (secondary N) is 1. The van der Waals surface area contributed by atoms with Crippen LogP contribution in [0.2, 0.25) is 0 Å². The number of nitrogens with zero attached hydrogens (tertiary/aromatic N) is 1. The zero-order valence-corrected chi connectivity index (χ0v) is 13.6. The van der Waals surface area contributed by atoms with Crippen LogP contribution in [-0.2, 0) is 14.3 Å². The molecule has 1 aromatic carbocycles. The van der Waals surface area contributed by atoms with Gasteiger partial charge in [-0.1, -0.05) is 0 Å². The number of hydrogen-bond donors (Lipinski definition) is 1. The molecule has 7 heteroatoms. The summed E-state index contributed by atoms with van der Waals surface area (Å²) in [4.78, 5) is 24.1. The van der Waals surface area contributed by atoms with E-state index in [0.717, 1.165) is 22.2 Å². The highest BCUT2D eigenvalue weighted by molar-refractivity contribution is 8.03. The Bertz CT molecular complexity index is 791. The molecule has 1 aromatic heterocycles. The lowest BCUT2D eigenvalue weighted by atomic mass is 10.2. The van der Waals surface area contributed by atoms with Crippen molar-refractivity contribution >= 4 is 35.4 Å². The Morgan fingerprint density at radius 2 is 2.25 bits per heavy atom. The number of amides is 1.